The Hall–Kier alpha value is -2.89. The minimum absolute atomic E-state index is 0.0279. The average Bonchev–Trinajstić information content (AvgIpc) is 3.54. The number of nitrogens with one attached hydrogen (secondary N) is 2. The van der Waals surface area contributed by atoms with E-state index < -0.39 is 36.2 Å². The number of ether oxygens (including phenoxy) is 3. The van der Waals surface area contributed by atoms with Gasteiger partial charge < -0.3 is 34.6 Å². The van der Waals surface area contributed by atoms with E-state index in [1.54, 1.807) is 36.9 Å². The van der Waals surface area contributed by atoms with Crippen LogP contribution in [0.25, 0.3) is 0 Å². The molecule has 1 aromatic heterocycles. The van der Waals surface area contributed by atoms with Gasteiger partial charge in [-0.25, -0.2) is 14.8 Å². The van der Waals surface area contributed by atoms with Gasteiger partial charge in [-0.2, -0.15) is 0 Å². The van der Waals surface area contributed by atoms with E-state index in [-0.39, 0.29) is 48.1 Å². The average molecular weight is 681 g/mol. The maximum Gasteiger partial charge on any atom is 0.328 e. The predicted molar refractivity (Wildman–Crippen MR) is 184 cm³/mol. The van der Waals surface area contributed by atoms with E-state index in [1.807, 2.05) is 20.8 Å². The van der Waals surface area contributed by atoms with Crippen molar-refractivity contribution in [3.63, 3.8) is 0 Å². The van der Waals surface area contributed by atoms with Gasteiger partial charge >= 0.3 is 5.97 Å². The molecule has 1 aromatic rings. The van der Waals surface area contributed by atoms with E-state index in [1.165, 1.54) is 20.5 Å². The Bertz CT molecular complexity index is 1190. The Kier molecular flexibility index (Phi) is 16.5. The number of carbonyl (C=O) groups is 4. The molecule has 0 aliphatic carbocycles. The second kappa shape index (κ2) is 19.2. The van der Waals surface area contributed by atoms with Gasteiger partial charge in [0.2, 0.25) is 17.7 Å². The number of nitrogens with zero attached hydrogens (tertiary/aromatic N) is 4. The fourth-order valence-corrected chi connectivity index (χ4v) is 6.70. The highest BCUT2D eigenvalue weighted by Crippen LogP contribution is 2.30. The molecule has 3 amide bonds. The van der Waals surface area contributed by atoms with Crippen LogP contribution >= 0.6 is 9.24 Å². The minimum atomic E-state index is -0.797. The van der Waals surface area contributed by atoms with E-state index in [0.717, 1.165) is 18.5 Å². The van der Waals surface area contributed by atoms with Gasteiger partial charge in [0.05, 0.1) is 43.7 Å². The van der Waals surface area contributed by atoms with Gasteiger partial charge in [0, 0.05) is 39.6 Å². The molecule has 0 aromatic carbocycles. The van der Waals surface area contributed by atoms with Gasteiger partial charge in [0.1, 0.15) is 24.2 Å². The topological polar surface area (TPSA) is 152 Å². The molecular formula is C33H57N6O7P. The highest BCUT2D eigenvalue weighted by atomic mass is 31.0. The molecule has 266 valence electrons. The smallest absolute Gasteiger partial charge is 0.328 e. The fraction of sp³-hybridized carbons (Fsp3) is 0.758. The van der Waals surface area contributed by atoms with Crippen LogP contribution in [-0.4, -0.2) is 121 Å². The number of hydrogen-bond donors (Lipinski definition) is 2. The van der Waals surface area contributed by atoms with Gasteiger partial charge in [0.25, 0.3) is 0 Å². The lowest BCUT2D eigenvalue weighted by atomic mass is 9.89. The second-order valence-corrected chi connectivity index (χ2v) is 13.3. The number of carbonyl (C=O) groups excluding carboxylic acids is 4. The largest absolute Gasteiger partial charge is 0.467 e. The third-order valence-corrected chi connectivity index (χ3v) is 9.81. The molecule has 1 aliphatic rings. The number of aryl methyl sites for hydroxylation is 1. The van der Waals surface area contributed by atoms with Crippen LogP contribution in [0.4, 0.5) is 5.82 Å². The van der Waals surface area contributed by atoms with Crippen molar-refractivity contribution in [2.75, 3.05) is 46.4 Å². The molecule has 0 saturated carbocycles. The summed E-state index contributed by atoms with van der Waals surface area (Å²) < 4.78 is 16.6. The maximum atomic E-state index is 14.1. The number of rotatable bonds is 18. The Morgan fingerprint density at radius 2 is 1.79 bits per heavy atom. The van der Waals surface area contributed by atoms with Crippen molar-refractivity contribution in [3.05, 3.63) is 18.1 Å². The number of anilines is 1. The van der Waals surface area contributed by atoms with E-state index in [0.29, 0.717) is 24.9 Å². The maximum absolute atomic E-state index is 14.1. The molecule has 2 rings (SSSR count). The molecule has 14 heteroatoms. The number of hydrogen-bond acceptors (Lipinski definition) is 10. The van der Waals surface area contributed by atoms with Crippen molar-refractivity contribution in [2.24, 2.45) is 17.8 Å². The quantitative estimate of drug-likeness (QED) is 0.175. The molecule has 0 bridgehead atoms. The standard InChI is InChI=1S/C33H57N6O7P/c1-11-20(4)29(38(7)32(42)28(19(2)3)37-26-15-21(5)34-18-35-26)25(44-8)16-27(40)39-14-12-13-24(39)30(45-9)22(6)31(41)36-23(17-47)33(43)46-10/h15,18-20,22-25,28-30H,11-14,16-17,47H2,1-10H3,(H,36,41)(H,34,35,37)/t20-,22+,23-,24-,25+,28-,29-,30+/m0/s1. The monoisotopic (exact) mass is 680 g/mol. The number of methoxy groups -OCH3 is 3. The summed E-state index contributed by atoms with van der Waals surface area (Å²) in [5, 5.41) is 6.04. The molecule has 2 heterocycles. The Balaban J connectivity index is 2.27. The number of esters is 1. The molecule has 1 fully saturated rings. The molecule has 1 aliphatic heterocycles. The lowest BCUT2D eigenvalue weighted by molar-refractivity contribution is -0.148. The summed E-state index contributed by atoms with van der Waals surface area (Å²) in [6, 6.07) is -0.282. The first-order chi connectivity index (χ1) is 22.2. The van der Waals surface area contributed by atoms with Gasteiger partial charge in [-0.3, -0.25) is 14.4 Å². The summed E-state index contributed by atoms with van der Waals surface area (Å²) >= 11 is 0. The third-order valence-electron chi connectivity index (χ3n) is 9.34. The van der Waals surface area contributed by atoms with Crippen LogP contribution in [0.1, 0.15) is 66.0 Å². The number of amides is 3. The normalized spacial score (nSPS) is 19.2. The Morgan fingerprint density at radius 1 is 1.11 bits per heavy atom. The van der Waals surface area contributed by atoms with Crippen molar-refractivity contribution < 1.29 is 33.4 Å². The van der Waals surface area contributed by atoms with Crippen LogP contribution < -0.4 is 10.6 Å². The first-order valence-electron chi connectivity index (χ1n) is 16.5. The van der Waals surface area contributed by atoms with Gasteiger partial charge in [-0.05, 0) is 37.8 Å². The summed E-state index contributed by atoms with van der Waals surface area (Å²) in [5.41, 5.74) is 0.789. The van der Waals surface area contributed by atoms with E-state index in [4.69, 9.17) is 14.2 Å². The number of likely N-dealkylation sites (N-methyl/N-ethyl adjacent to an activating group) is 1. The second-order valence-electron chi connectivity index (χ2n) is 12.8. The summed E-state index contributed by atoms with van der Waals surface area (Å²) in [6.45, 7) is 12.2. The minimum Gasteiger partial charge on any atom is -0.467 e. The molecule has 1 unspecified atom stereocenters. The fourth-order valence-electron chi connectivity index (χ4n) is 6.39. The Labute approximate surface area is 282 Å². The number of likely N-dealkylation sites (tertiary alicyclic amines) is 1. The molecule has 0 radical (unpaired) electrons. The third kappa shape index (κ3) is 10.5. The summed E-state index contributed by atoms with van der Waals surface area (Å²) in [6.07, 6.45) is 2.85. The highest BCUT2D eigenvalue weighted by molar-refractivity contribution is 7.16. The van der Waals surface area contributed by atoms with Crippen LogP contribution in [0.3, 0.4) is 0 Å². The van der Waals surface area contributed by atoms with Crippen molar-refractivity contribution in [1.29, 1.82) is 0 Å². The zero-order valence-electron chi connectivity index (χ0n) is 29.8. The summed E-state index contributed by atoms with van der Waals surface area (Å²) in [5.74, 6) is -1.23. The summed E-state index contributed by atoms with van der Waals surface area (Å²) in [4.78, 5) is 65.3. The molecule has 1 saturated heterocycles. The molecule has 13 nitrogen and oxygen atoms in total. The van der Waals surface area contributed by atoms with Crippen molar-refractivity contribution in [3.8, 4) is 0 Å². The molecule has 47 heavy (non-hydrogen) atoms. The van der Waals surface area contributed by atoms with Crippen LogP contribution in [0.15, 0.2) is 12.4 Å². The zero-order valence-corrected chi connectivity index (χ0v) is 31.0. The van der Waals surface area contributed by atoms with Crippen molar-refractivity contribution in [1.82, 2.24) is 25.1 Å². The predicted octanol–water partition coefficient (Wildman–Crippen LogP) is 2.67. The van der Waals surface area contributed by atoms with Crippen LogP contribution in [-0.2, 0) is 33.4 Å². The Morgan fingerprint density at radius 3 is 2.32 bits per heavy atom. The van der Waals surface area contributed by atoms with Gasteiger partial charge in [-0.1, -0.05) is 41.0 Å². The summed E-state index contributed by atoms with van der Waals surface area (Å²) in [7, 11) is 8.59. The van der Waals surface area contributed by atoms with Crippen LogP contribution in [0, 0.1) is 24.7 Å². The van der Waals surface area contributed by atoms with E-state index >= 15 is 0 Å². The lowest BCUT2D eigenvalue weighted by Gasteiger charge is -2.41. The van der Waals surface area contributed by atoms with Crippen molar-refractivity contribution >= 4 is 38.7 Å². The molecule has 9 atom stereocenters. The zero-order chi connectivity index (χ0) is 35.4. The molecule has 2 N–H and O–H groups in total. The highest BCUT2D eigenvalue weighted by Gasteiger charge is 2.43. The van der Waals surface area contributed by atoms with E-state index in [2.05, 4.69) is 43.7 Å². The van der Waals surface area contributed by atoms with Crippen LogP contribution in [0.2, 0.25) is 0 Å². The first-order valence-corrected chi connectivity index (χ1v) is 17.3. The van der Waals surface area contributed by atoms with Gasteiger partial charge in [-0.15, -0.1) is 9.24 Å². The van der Waals surface area contributed by atoms with Crippen LogP contribution in [0.5, 0.6) is 0 Å². The van der Waals surface area contributed by atoms with E-state index in [9.17, 15) is 19.2 Å². The lowest BCUT2D eigenvalue weighted by Crippen LogP contribution is -2.56. The number of aromatic nitrogens is 2. The molecule has 0 spiro atoms. The van der Waals surface area contributed by atoms with Gasteiger partial charge in [0.15, 0.2) is 0 Å². The molecular weight excluding hydrogens is 623 g/mol. The SMILES string of the molecule is CC[C@H](C)[C@@H]([C@@H](CC(=O)N1CCC[C@H]1[C@H](OC)[C@@H](C)C(=O)N[C@@H](CP)C(=O)OC)OC)N(C)C(=O)[C@@H](Nc1cc(C)ncn1)C(C)C. The first kappa shape index (κ1) is 40.3. The van der Waals surface area contributed by atoms with Crippen molar-refractivity contribution in [2.45, 2.75) is 104 Å².